The summed E-state index contributed by atoms with van der Waals surface area (Å²) in [5, 5.41) is 3.57. The normalized spacial score (nSPS) is 26.4. The van der Waals surface area contributed by atoms with Crippen molar-refractivity contribution < 1.29 is 9.47 Å². The Labute approximate surface area is 114 Å². The largest absolute Gasteiger partial charge is 0.347 e. The van der Waals surface area contributed by atoms with Gasteiger partial charge in [0, 0.05) is 23.8 Å². The molecule has 0 bridgehead atoms. The summed E-state index contributed by atoms with van der Waals surface area (Å²) in [5.41, 5.74) is 9.42. The molecule has 1 atom stereocenters. The highest BCUT2D eigenvalue weighted by Crippen LogP contribution is 2.42. The van der Waals surface area contributed by atoms with E-state index < -0.39 is 0 Å². The second-order valence-corrected chi connectivity index (χ2v) is 5.47. The van der Waals surface area contributed by atoms with E-state index in [9.17, 15) is 0 Å². The lowest BCUT2D eigenvalue weighted by Gasteiger charge is -2.39. The van der Waals surface area contributed by atoms with Gasteiger partial charge in [0.05, 0.1) is 13.2 Å². The molecule has 0 aromatic rings. The van der Waals surface area contributed by atoms with E-state index in [0.717, 1.165) is 38.0 Å². The molecule has 2 fully saturated rings. The number of hydrogen-bond acceptors (Lipinski definition) is 3. The molecule has 1 unspecified atom stereocenters. The van der Waals surface area contributed by atoms with E-state index in [4.69, 9.17) is 15.0 Å². The molecular formula is C14H23N3O2. The molecule has 1 heterocycles. The number of ether oxygens (including phenoxy) is 2. The van der Waals surface area contributed by atoms with Crippen LogP contribution in [0.4, 0.5) is 0 Å². The molecule has 0 radical (unpaired) electrons. The summed E-state index contributed by atoms with van der Waals surface area (Å²) in [4.78, 5) is 2.78. The van der Waals surface area contributed by atoms with E-state index in [0.29, 0.717) is 12.5 Å². The van der Waals surface area contributed by atoms with E-state index >= 15 is 0 Å². The van der Waals surface area contributed by atoms with Gasteiger partial charge in [0.15, 0.2) is 5.79 Å². The lowest BCUT2D eigenvalue weighted by atomic mass is 9.80. The molecule has 106 valence electrons. The summed E-state index contributed by atoms with van der Waals surface area (Å²) < 4.78 is 11.8. The third-order valence-electron chi connectivity index (χ3n) is 4.12. The van der Waals surface area contributed by atoms with Crippen LogP contribution >= 0.6 is 0 Å². The first-order valence-corrected chi connectivity index (χ1v) is 7.21. The third kappa shape index (κ3) is 3.72. The van der Waals surface area contributed by atoms with Crippen LogP contribution in [0.15, 0.2) is 16.8 Å². The van der Waals surface area contributed by atoms with Crippen LogP contribution < -0.4 is 0 Å². The Kier molecular flexibility index (Phi) is 5.25. The van der Waals surface area contributed by atoms with Gasteiger partial charge in [-0.1, -0.05) is 23.2 Å². The average molecular weight is 265 g/mol. The summed E-state index contributed by atoms with van der Waals surface area (Å²) >= 11 is 0. The standard InChI is InChI=1S/C14H23N3O2/c1-12(11-16-17-15)5-4-7-13-6-2-3-8-14(13)18-9-10-19-14/h5,13H,2-4,6-11H2,1H3/b12-5+. The molecule has 1 aliphatic heterocycles. The molecule has 0 aromatic heterocycles. The van der Waals surface area contributed by atoms with Gasteiger partial charge in [-0.05, 0) is 38.1 Å². The van der Waals surface area contributed by atoms with Crippen molar-refractivity contribution in [3.63, 3.8) is 0 Å². The fourth-order valence-electron chi connectivity index (χ4n) is 3.14. The van der Waals surface area contributed by atoms with Crippen LogP contribution in [0.5, 0.6) is 0 Å². The Morgan fingerprint density at radius 3 is 2.95 bits per heavy atom. The van der Waals surface area contributed by atoms with E-state index in [2.05, 4.69) is 16.1 Å². The van der Waals surface area contributed by atoms with Gasteiger partial charge >= 0.3 is 0 Å². The smallest absolute Gasteiger partial charge is 0.171 e. The zero-order valence-corrected chi connectivity index (χ0v) is 11.7. The van der Waals surface area contributed by atoms with E-state index in [1.165, 1.54) is 19.3 Å². The van der Waals surface area contributed by atoms with E-state index in [1.807, 2.05) is 6.92 Å². The average Bonchev–Trinajstić information content (AvgIpc) is 2.88. The van der Waals surface area contributed by atoms with Gasteiger partial charge in [0.2, 0.25) is 0 Å². The minimum atomic E-state index is -0.287. The van der Waals surface area contributed by atoms with Crippen molar-refractivity contribution in [1.29, 1.82) is 0 Å². The van der Waals surface area contributed by atoms with Crippen molar-refractivity contribution >= 4 is 0 Å². The van der Waals surface area contributed by atoms with Crippen LogP contribution in [-0.4, -0.2) is 25.5 Å². The molecule has 1 saturated heterocycles. The molecule has 2 aliphatic rings. The van der Waals surface area contributed by atoms with Gasteiger partial charge in [-0.25, -0.2) is 0 Å². The van der Waals surface area contributed by atoms with Crippen molar-refractivity contribution in [2.24, 2.45) is 11.0 Å². The topological polar surface area (TPSA) is 67.2 Å². The summed E-state index contributed by atoms with van der Waals surface area (Å²) in [6, 6.07) is 0. The summed E-state index contributed by atoms with van der Waals surface area (Å²) in [6.07, 6.45) is 9.00. The zero-order chi connectivity index (χ0) is 13.6. The maximum absolute atomic E-state index is 8.28. The van der Waals surface area contributed by atoms with Crippen molar-refractivity contribution in [1.82, 2.24) is 0 Å². The van der Waals surface area contributed by atoms with Crippen molar-refractivity contribution in [3.8, 4) is 0 Å². The first-order valence-electron chi connectivity index (χ1n) is 7.21. The van der Waals surface area contributed by atoms with Crippen molar-refractivity contribution in [2.75, 3.05) is 19.8 Å². The molecule has 0 aromatic carbocycles. The SMILES string of the molecule is C/C(=C\CCC1CCCCC12OCCO2)CN=[N+]=[N-]. The maximum atomic E-state index is 8.28. The molecule has 5 nitrogen and oxygen atoms in total. The fraction of sp³-hybridized carbons (Fsp3) is 0.857. The van der Waals surface area contributed by atoms with Gasteiger partial charge in [0.1, 0.15) is 0 Å². The Balaban J connectivity index is 1.85. The van der Waals surface area contributed by atoms with Crippen LogP contribution in [-0.2, 0) is 9.47 Å². The van der Waals surface area contributed by atoms with Crippen LogP contribution in [0.3, 0.4) is 0 Å². The third-order valence-corrected chi connectivity index (χ3v) is 4.12. The summed E-state index contributed by atoms with van der Waals surface area (Å²) in [5.74, 6) is 0.220. The van der Waals surface area contributed by atoms with Gasteiger partial charge in [-0.15, -0.1) is 0 Å². The van der Waals surface area contributed by atoms with Crippen molar-refractivity contribution in [2.45, 2.75) is 51.2 Å². The molecule has 1 spiro atoms. The van der Waals surface area contributed by atoms with Crippen molar-refractivity contribution in [3.05, 3.63) is 22.1 Å². The Hall–Kier alpha value is -1.03. The van der Waals surface area contributed by atoms with Gasteiger partial charge in [-0.3, -0.25) is 0 Å². The van der Waals surface area contributed by atoms with Crippen LogP contribution in [0.25, 0.3) is 10.4 Å². The molecule has 1 saturated carbocycles. The lowest BCUT2D eigenvalue weighted by Crippen LogP contribution is -2.41. The lowest BCUT2D eigenvalue weighted by molar-refractivity contribution is -0.213. The Bertz CT molecular complexity index is 369. The number of rotatable bonds is 5. The molecule has 2 rings (SSSR count). The number of hydrogen-bond donors (Lipinski definition) is 0. The first kappa shape index (κ1) is 14.4. The highest BCUT2D eigenvalue weighted by molar-refractivity contribution is 5.01. The second-order valence-electron chi connectivity index (χ2n) is 5.47. The molecule has 1 aliphatic carbocycles. The fourth-order valence-corrected chi connectivity index (χ4v) is 3.14. The molecule has 5 heteroatoms. The number of allylic oxidation sites excluding steroid dienone is 1. The molecule has 0 amide bonds. The Morgan fingerprint density at radius 2 is 2.21 bits per heavy atom. The minimum absolute atomic E-state index is 0.287. The molecule has 0 N–H and O–H groups in total. The maximum Gasteiger partial charge on any atom is 0.171 e. The highest BCUT2D eigenvalue weighted by atomic mass is 16.7. The van der Waals surface area contributed by atoms with Crippen LogP contribution in [0.1, 0.15) is 45.4 Å². The highest BCUT2D eigenvalue weighted by Gasteiger charge is 2.45. The quantitative estimate of drug-likeness (QED) is 0.327. The summed E-state index contributed by atoms with van der Waals surface area (Å²) in [6.45, 7) is 3.96. The monoisotopic (exact) mass is 265 g/mol. The minimum Gasteiger partial charge on any atom is -0.347 e. The molecule has 19 heavy (non-hydrogen) atoms. The van der Waals surface area contributed by atoms with Gasteiger partial charge in [-0.2, -0.15) is 0 Å². The van der Waals surface area contributed by atoms with Crippen LogP contribution in [0, 0.1) is 5.92 Å². The number of azide groups is 1. The zero-order valence-electron chi connectivity index (χ0n) is 11.7. The predicted octanol–water partition coefficient (Wildman–Crippen LogP) is 3.96. The molecular weight excluding hydrogens is 242 g/mol. The van der Waals surface area contributed by atoms with E-state index in [-0.39, 0.29) is 5.79 Å². The first-order chi connectivity index (χ1) is 9.27. The second kappa shape index (κ2) is 6.94. The van der Waals surface area contributed by atoms with Gasteiger partial charge < -0.3 is 9.47 Å². The number of nitrogens with zero attached hydrogens (tertiary/aromatic N) is 3. The Morgan fingerprint density at radius 1 is 1.42 bits per heavy atom. The van der Waals surface area contributed by atoms with E-state index in [1.54, 1.807) is 0 Å². The van der Waals surface area contributed by atoms with Crippen LogP contribution in [0.2, 0.25) is 0 Å². The predicted molar refractivity (Wildman–Crippen MR) is 73.6 cm³/mol. The summed E-state index contributed by atoms with van der Waals surface area (Å²) in [7, 11) is 0. The van der Waals surface area contributed by atoms with Gasteiger partial charge in [0.25, 0.3) is 0 Å².